The van der Waals surface area contributed by atoms with Gasteiger partial charge in [0.1, 0.15) is 6.42 Å². The summed E-state index contributed by atoms with van der Waals surface area (Å²) in [5.74, 6) is 0. The molecular formula is C17H14N2Pt2. The first-order chi connectivity index (χ1) is 9.35. The van der Waals surface area contributed by atoms with E-state index in [1.54, 1.807) is 0 Å². The van der Waals surface area contributed by atoms with E-state index in [1.165, 1.54) is 0 Å². The number of hydrogen-bond donors (Lipinski definition) is 0. The van der Waals surface area contributed by atoms with E-state index in [2.05, 4.69) is 9.69 Å². The Labute approximate surface area is 154 Å². The zero-order valence-electron chi connectivity index (χ0n) is 11.2. The summed E-state index contributed by atoms with van der Waals surface area (Å²) in [6.07, 6.45) is 0.543. The molecule has 0 N–H and O–H groups in total. The van der Waals surface area contributed by atoms with E-state index in [1.807, 2.05) is 60.7 Å². The average Bonchev–Trinajstić information content (AvgIpc) is 2.50. The molecule has 2 nitrogen and oxygen atoms in total. The van der Waals surface area contributed by atoms with E-state index >= 15 is 0 Å². The molecule has 0 aliphatic rings. The average molecular weight is 636 g/mol. The van der Waals surface area contributed by atoms with Crippen molar-refractivity contribution in [3.63, 3.8) is 0 Å². The molecule has 2 aromatic rings. The molecule has 0 bridgehead atoms. The van der Waals surface area contributed by atoms with Gasteiger partial charge in [0, 0.05) is 53.3 Å². The molecule has 0 aliphatic heterocycles. The summed E-state index contributed by atoms with van der Waals surface area (Å²) in [4.78, 5) is 7.36. The smallest absolute Gasteiger partial charge is 0.256 e. The van der Waals surface area contributed by atoms with Gasteiger partial charge in [-0.05, 0) is 0 Å². The van der Waals surface area contributed by atoms with E-state index in [9.17, 15) is 0 Å². The van der Waals surface area contributed by atoms with Crippen LogP contribution in [0.15, 0.2) is 60.7 Å². The Kier molecular flexibility index (Phi) is 9.91. The van der Waals surface area contributed by atoms with Crippen LogP contribution in [0.2, 0.25) is 0 Å². The van der Waals surface area contributed by atoms with E-state index < -0.39 is 0 Å². The standard InChI is InChI=1S/C17H14N2.2Pt/c1-18-16(14-9-5-3-6-10-14)13-17(19-2)15-11-7-4-8-12-15;;/h3-12,16-17H,13H2;;. The van der Waals surface area contributed by atoms with Crippen LogP contribution in [-0.4, -0.2) is 0 Å². The first-order valence-electron chi connectivity index (χ1n) is 6.18. The van der Waals surface area contributed by atoms with Gasteiger partial charge in [0.2, 0.25) is 0 Å². The fourth-order valence-corrected chi connectivity index (χ4v) is 2.09. The Morgan fingerprint density at radius 2 is 1.00 bits per heavy atom. The first-order valence-corrected chi connectivity index (χ1v) is 6.18. The third-order valence-corrected chi connectivity index (χ3v) is 3.13. The van der Waals surface area contributed by atoms with E-state index in [4.69, 9.17) is 13.1 Å². The van der Waals surface area contributed by atoms with Gasteiger partial charge in [0.05, 0.1) is 0 Å². The quantitative estimate of drug-likeness (QED) is 0.431. The normalized spacial score (nSPS) is 11.7. The Balaban J connectivity index is 0.00000200. The van der Waals surface area contributed by atoms with Gasteiger partial charge in [0.15, 0.2) is 0 Å². The maximum Gasteiger partial charge on any atom is 0.256 e. The van der Waals surface area contributed by atoms with Crippen LogP contribution in [0.1, 0.15) is 29.6 Å². The molecule has 0 aromatic heterocycles. The molecule has 0 amide bonds. The van der Waals surface area contributed by atoms with Crippen molar-refractivity contribution in [2.24, 2.45) is 0 Å². The van der Waals surface area contributed by atoms with Crippen molar-refractivity contribution in [3.8, 4) is 0 Å². The van der Waals surface area contributed by atoms with Gasteiger partial charge in [-0.25, -0.2) is 13.1 Å². The molecule has 0 heterocycles. The summed E-state index contributed by atoms with van der Waals surface area (Å²) in [6.45, 7) is 14.7. The van der Waals surface area contributed by atoms with Crippen molar-refractivity contribution in [2.75, 3.05) is 0 Å². The van der Waals surface area contributed by atoms with Crippen LogP contribution in [-0.2, 0) is 42.1 Å². The second kappa shape index (κ2) is 10.5. The Hall–Kier alpha value is -1.20. The van der Waals surface area contributed by atoms with Gasteiger partial charge < -0.3 is 9.69 Å². The number of benzene rings is 2. The predicted molar refractivity (Wildman–Crippen MR) is 76.2 cm³/mol. The fraction of sp³-hybridized carbons (Fsp3) is 0.176. The van der Waals surface area contributed by atoms with E-state index in [0.717, 1.165) is 11.1 Å². The molecule has 2 unspecified atom stereocenters. The molecule has 21 heavy (non-hydrogen) atoms. The van der Waals surface area contributed by atoms with Crippen molar-refractivity contribution < 1.29 is 42.1 Å². The van der Waals surface area contributed by atoms with Crippen LogP contribution >= 0.6 is 0 Å². The Morgan fingerprint density at radius 1 is 0.667 bits per heavy atom. The zero-order chi connectivity index (χ0) is 13.5. The molecule has 0 saturated carbocycles. The van der Waals surface area contributed by atoms with Crippen molar-refractivity contribution in [2.45, 2.75) is 18.5 Å². The summed E-state index contributed by atoms with van der Waals surface area (Å²) >= 11 is 0. The van der Waals surface area contributed by atoms with Gasteiger partial charge in [-0.1, -0.05) is 60.7 Å². The molecule has 2 atom stereocenters. The van der Waals surface area contributed by atoms with Crippen molar-refractivity contribution in [1.29, 1.82) is 0 Å². The number of hydrogen-bond acceptors (Lipinski definition) is 0. The Bertz CT molecular complexity index is 545. The summed E-state index contributed by atoms with van der Waals surface area (Å²) in [5.41, 5.74) is 1.98. The molecule has 112 valence electrons. The molecule has 0 fully saturated rings. The third-order valence-electron chi connectivity index (χ3n) is 3.13. The number of rotatable bonds is 4. The maximum atomic E-state index is 7.35. The molecule has 2 rings (SSSR count). The minimum Gasteiger partial charge on any atom is -0.308 e. The maximum absolute atomic E-state index is 7.35. The van der Waals surface area contributed by atoms with Crippen LogP contribution < -0.4 is 0 Å². The number of nitrogens with zero attached hydrogens (tertiary/aromatic N) is 2. The van der Waals surface area contributed by atoms with Crippen molar-refractivity contribution >= 4 is 0 Å². The van der Waals surface area contributed by atoms with Crippen LogP contribution in [0.4, 0.5) is 0 Å². The summed E-state index contributed by atoms with van der Waals surface area (Å²) < 4.78 is 0. The molecular weight excluding hydrogens is 622 g/mol. The topological polar surface area (TPSA) is 8.72 Å². The van der Waals surface area contributed by atoms with Crippen LogP contribution in [0.25, 0.3) is 9.69 Å². The Morgan fingerprint density at radius 3 is 1.29 bits per heavy atom. The first kappa shape index (κ1) is 19.8. The van der Waals surface area contributed by atoms with Crippen LogP contribution in [0.3, 0.4) is 0 Å². The minimum atomic E-state index is -0.250. The summed E-state index contributed by atoms with van der Waals surface area (Å²) in [6, 6.07) is 18.9. The fourth-order valence-electron chi connectivity index (χ4n) is 2.09. The molecule has 0 radical (unpaired) electrons. The van der Waals surface area contributed by atoms with E-state index in [-0.39, 0.29) is 54.2 Å². The van der Waals surface area contributed by atoms with Gasteiger partial charge >= 0.3 is 0 Å². The molecule has 2 aromatic carbocycles. The molecule has 0 spiro atoms. The van der Waals surface area contributed by atoms with E-state index in [0.29, 0.717) is 6.42 Å². The van der Waals surface area contributed by atoms with Crippen molar-refractivity contribution in [3.05, 3.63) is 94.6 Å². The zero-order valence-corrected chi connectivity index (χ0v) is 15.7. The molecule has 0 saturated heterocycles. The SMILES string of the molecule is [C-]#[N+]C(CC([N+]#[C-])c1ccccc1)c1ccccc1.[Pt].[Pt]. The second-order valence-corrected chi connectivity index (χ2v) is 4.35. The summed E-state index contributed by atoms with van der Waals surface area (Å²) in [5, 5.41) is 0. The van der Waals surface area contributed by atoms with Gasteiger partial charge in [-0.2, -0.15) is 0 Å². The van der Waals surface area contributed by atoms with Crippen LogP contribution in [0, 0.1) is 13.1 Å². The molecule has 4 heteroatoms. The van der Waals surface area contributed by atoms with Gasteiger partial charge in [-0.3, -0.25) is 0 Å². The molecule has 0 aliphatic carbocycles. The summed E-state index contributed by atoms with van der Waals surface area (Å²) in [7, 11) is 0. The monoisotopic (exact) mass is 636 g/mol. The largest absolute Gasteiger partial charge is 0.308 e. The third kappa shape index (κ3) is 5.59. The van der Waals surface area contributed by atoms with Gasteiger partial charge in [-0.15, -0.1) is 0 Å². The van der Waals surface area contributed by atoms with Crippen LogP contribution in [0.5, 0.6) is 0 Å². The second-order valence-electron chi connectivity index (χ2n) is 4.35. The minimum absolute atomic E-state index is 0. The van der Waals surface area contributed by atoms with Crippen molar-refractivity contribution in [1.82, 2.24) is 0 Å². The van der Waals surface area contributed by atoms with Gasteiger partial charge in [0.25, 0.3) is 12.1 Å². The predicted octanol–water partition coefficient (Wildman–Crippen LogP) is 4.69.